The Hall–Kier alpha value is -2.03. The maximum absolute atomic E-state index is 12.6. The van der Waals surface area contributed by atoms with Crippen LogP contribution in [0.4, 0.5) is 11.5 Å². The van der Waals surface area contributed by atoms with Crippen molar-refractivity contribution in [3.05, 3.63) is 34.4 Å². The van der Waals surface area contributed by atoms with Gasteiger partial charge in [-0.2, -0.15) is 0 Å². The summed E-state index contributed by atoms with van der Waals surface area (Å²) in [5, 5.41) is 6.22. The van der Waals surface area contributed by atoms with E-state index in [1.165, 1.54) is 0 Å². The summed E-state index contributed by atoms with van der Waals surface area (Å²) in [5.74, 6) is 0.757. The number of thiazole rings is 1. The van der Waals surface area contributed by atoms with Gasteiger partial charge in [-0.3, -0.25) is 9.69 Å². The van der Waals surface area contributed by atoms with Crippen LogP contribution in [0.25, 0.3) is 0 Å². The van der Waals surface area contributed by atoms with E-state index in [1.54, 1.807) is 11.3 Å². The summed E-state index contributed by atoms with van der Waals surface area (Å²) in [7, 11) is 0. The number of hydrogen-bond donors (Lipinski definition) is 1. The van der Waals surface area contributed by atoms with E-state index in [0.717, 1.165) is 75.2 Å². The highest BCUT2D eigenvalue weighted by molar-refractivity contribution is 7.09. The maximum Gasteiger partial charge on any atom is 0.228 e. The van der Waals surface area contributed by atoms with E-state index >= 15 is 0 Å². The lowest BCUT2D eigenvalue weighted by molar-refractivity contribution is -0.121. The maximum atomic E-state index is 12.6. The van der Waals surface area contributed by atoms with Crippen LogP contribution in [0.15, 0.2) is 23.7 Å². The molecular formula is C20H27N5O2S. The number of carbonyl (C=O) groups is 1. The Balaban J connectivity index is 1.25. The first-order chi connectivity index (χ1) is 13.7. The molecule has 0 radical (unpaired) electrons. The van der Waals surface area contributed by atoms with Gasteiger partial charge in [0.25, 0.3) is 0 Å². The van der Waals surface area contributed by atoms with E-state index in [-0.39, 0.29) is 11.8 Å². The van der Waals surface area contributed by atoms with E-state index in [9.17, 15) is 4.79 Å². The predicted octanol–water partition coefficient (Wildman–Crippen LogP) is 2.53. The lowest BCUT2D eigenvalue weighted by Crippen LogP contribution is -2.38. The number of amides is 1. The van der Waals surface area contributed by atoms with Crippen molar-refractivity contribution >= 4 is 28.7 Å². The third-order valence-corrected chi connectivity index (χ3v) is 6.21. The molecule has 8 heteroatoms. The molecule has 28 heavy (non-hydrogen) atoms. The van der Waals surface area contributed by atoms with Crippen molar-refractivity contribution in [2.75, 3.05) is 49.6 Å². The Kier molecular flexibility index (Phi) is 6.19. The number of aryl methyl sites for hydroxylation is 1. The van der Waals surface area contributed by atoms with Gasteiger partial charge in [0.15, 0.2) is 0 Å². The summed E-state index contributed by atoms with van der Waals surface area (Å²) in [5.41, 5.74) is 2.21. The lowest BCUT2D eigenvalue weighted by atomic mass is 9.96. The standard InChI is InChI=1S/C20H27N5O2S/c1-15-22-17(14-28-15)13-24-6-4-16(5-7-24)20(26)23-19-3-2-18(12-21-19)25-8-10-27-11-9-25/h2-3,12,14,16H,4-11,13H2,1H3,(H,21,23,26). The van der Waals surface area contributed by atoms with Crippen molar-refractivity contribution in [2.24, 2.45) is 5.92 Å². The molecular weight excluding hydrogens is 374 g/mol. The van der Waals surface area contributed by atoms with Crippen molar-refractivity contribution in [3.8, 4) is 0 Å². The predicted molar refractivity (Wildman–Crippen MR) is 111 cm³/mol. The number of pyridine rings is 1. The lowest BCUT2D eigenvalue weighted by Gasteiger charge is -2.30. The normalized spacial score (nSPS) is 19.0. The number of piperidine rings is 1. The first-order valence-electron chi connectivity index (χ1n) is 9.90. The third-order valence-electron chi connectivity index (χ3n) is 5.39. The van der Waals surface area contributed by atoms with Crippen LogP contribution in [-0.4, -0.2) is 60.2 Å². The molecule has 4 rings (SSSR count). The van der Waals surface area contributed by atoms with Gasteiger partial charge in [0.1, 0.15) is 5.82 Å². The molecule has 7 nitrogen and oxygen atoms in total. The van der Waals surface area contributed by atoms with Gasteiger partial charge < -0.3 is 15.0 Å². The molecule has 2 aromatic rings. The topological polar surface area (TPSA) is 70.6 Å². The number of hydrogen-bond acceptors (Lipinski definition) is 7. The highest BCUT2D eigenvalue weighted by Gasteiger charge is 2.25. The van der Waals surface area contributed by atoms with Crippen molar-refractivity contribution in [1.29, 1.82) is 0 Å². The highest BCUT2D eigenvalue weighted by Crippen LogP contribution is 2.22. The molecule has 2 saturated heterocycles. The Bertz CT molecular complexity index is 780. The van der Waals surface area contributed by atoms with E-state index in [2.05, 4.69) is 30.5 Å². The van der Waals surface area contributed by atoms with Crippen LogP contribution in [0.5, 0.6) is 0 Å². The number of nitrogens with zero attached hydrogens (tertiary/aromatic N) is 4. The van der Waals surface area contributed by atoms with Gasteiger partial charge in [-0.15, -0.1) is 11.3 Å². The average Bonchev–Trinajstić information content (AvgIpc) is 3.14. The number of aromatic nitrogens is 2. The molecule has 150 valence electrons. The first kappa shape index (κ1) is 19.3. The van der Waals surface area contributed by atoms with Crippen LogP contribution in [0, 0.1) is 12.8 Å². The molecule has 0 saturated carbocycles. The molecule has 0 bridgehead atoms. The number of likely N-dealkylation sites (tertiary alicyclic amines) is 1. The van der Waals surface area contributed by atoms with Gasteiger partial charge in [0.2, 0.25) is 5.91 Å². The summed E-state index contributed by atoms with van der Waals surface area (Å²) in [6.45, 7) is 8.03. The van der Waals surface area contributed by atoms with Crippen LogP contribution in [-0.2, 0) is 16.1 Å². The van der Waals surface area contributed by atoms with Gasteiger partial charge in [-0.05, 0) is 45.0 Å². The second kappa shape index (κ2) is 8.98. The Morgan fingerprint density at radius 1 is 1.25 bits per heavy atom. The van der Waals surface area contributed by atoms with E-state index in [1.807, 2.05) is 25.3 Å². The summed E-state index contributed by atoms with van der Waals surface area (Å²) in [6.07, 6.45) is 3.58. The molecule has 1 N–H and O–H groups in total. The molecule has 0 spiro atoms. The Morgan fingerprint density at radius 2 is 2.04 bits per heavy atom. The largest absolute Gasteiger partial charge is 0.378 e. The molecule has 1 amide bonds. The highest BCUT2D eigenvalue weighted by atomic mass is 32.1. The van der Waals surface area contributed by atoms with Crippen molar-refractivity contribution < 1.29 is 9.53 Å². The van der Waals surface area contributed by atoms with Crippen molar-refractivity contribution in [1.82, 2.24) is 14.9 Å². The average molecular weight is 402 g/mol. The molecule has 0 aliphatic carbocycles. The molecule has 0 atom stereocenters. The number of ether oxygens (including phenoxy) is 1. The second-order valence-corrected chi connectivity index (χ2v) is 8.46. The fraction of sp³-hybridized carbons (Fsp3) is 0.550. The summed E-state index contributed by atoms with van der Waals surface area (Å²) < 4.78 is 5.38. The Morgan fingerprint density at radius 3 is 2.68 bits per heavy atom. The van der Waals surface area contributed by atoms with Crippen LogP contribution < -0.4 is 10.2 Å². The van der Waals surface area contributed by atoms with Crippen molar-refractivity contribution in [2.45, 2.75) is 26.3 Å². The van der Waals surface area contributed by atoms with Gasteiger partial charge in [0.05, 0.1) is 35.8 Å². The van der Waals surface area contributed by atoms with Gasteiger partial charge in [-0.1, -0.05) is 0 Å². The first-order valence-corrected chi connectivity index (χ1v) is 10.8. The third kappa shape index (κ3) is 4.87. The molecule has 0 aromatic carbocycles. The smallest absolute Gasteiger partial charge is 0.228 e. The fourth-order valence-electron chi connectivity index (χ4n) is 3.76. The number of morpholine rings is 1. The van der Waals surface area contributed by atoms with E-state index < -0.39 is 0 Å². The molecule has 0 unspecified atom stereocenters. The van der Waals surface area contributed by atoms with Gasteiger partial charge >= 0.3 is 0 Å². The van der Waals surface area contributed by atoms with E-state index in [0.29, 0.717) is 5.82 Å². The molecule has 2 fully saturated rings. The minimum absolute atomic E-state index is 0.0501. The van der Waals surface area contributed by atoms with E-state index in [4.69, 9.17) is 4.74 Å². The SMILES string of the molecule is Cc1nc(CN2CCC(C(=O)Nc3ccc(N4CCOCC4)cn3)CC2)cs1. The zero-order valence-corrected chi connectivity index (χ0v) is 17.1. The fourth-order valence-corrected chi connectivity index (χ4v) is 4.36. The summed E-state index contributed by atoms with van der Waals surface area (Å²) >= 11 is 1.69. The number of rotatable bonds is 5. The second-order valence-electron chi connectivity index (χ2n) is 7.40. The quantitative estimate of drug-likeness (QED) is 0.830. The summed E-state index contributed by atoms with van der Waals surface area (Å²) in [4.78, 5) is 26.2. The summed E-state index contributed by atoms with van der Waals surface area (Å²) in [6, 6.07) is 3.91. The van der Waals surface area contributed by atoms with Crippen LogP contribution in [0.3, 0.4) is 0 Å². The molecule has 2 aliphatic heterocycles. The zero-order valence-electron chi connectivity index (χ0n) is 16.3. The van der Waals surface area contributed by atoms with Crippen molar-refractivity contribution in [3.63, 3.8) is 0 Å². The molecule has 2 aliphatic rings. The minimum atomic E-state index is 0.0501. The number of carbonyl (C=O) groups excluding carboxylic acids is 1. The Labute approximate surface area is 169 Å². The molecule has 4 heterocycles. The molecule has 2 aromatic heterocycles. The number of nitrogens with one attached hydrogen (secondary N) is 1. The number of anilines is 2. The van der Waals surface area contributed by atoms with Gasteiger partial charge in [0, 0.05) is 30.9 Å². The van der Waals surface area contributed by atoms with Crippen LogP contribution in [0.2, 0.25) is 0 Å². The van der Waals surface area contributed by atoms with Crippen LogP contribution in [0.1, 0.15) is 23.5 Å². The monoisotopic (exact) mass is 401 g/mol. The minimum Gasteiger partial charge on any atom is -0.378 e. The zero-order chi connectivity index (χ0) is 19.3. The van der Waals surface area contributed by atoms with Crippen LogP contribution >= 0.6 is 11.3 Å². The van der Waals surface area contributed by atoms with Gasteiger partial charge in [-0.25, -0.2) is 9.97 Å².